The van der Waals surface area contributed by atoms with Crippen LogP contribution in [0, 0.1) is 0 Å². The Kier molecular flexibility index (Phi) is 5.02. The summed E-state index contributed by atoms with van der Waals surface area (Å²) < 4.78 is 16.1. The van der Waals surface area contributed by atoms with E-state index in [1.54, 1.807) is 43.6 Å². The first-order chi connectivity index (χ1) is 10.2. The van der Waals surface area contributed by atoms with Crippen molar-refractivity contribution in [2.75, 3.05) is 14.2 Å². The summed E-state index contributed by atoms with van der Waals surface area (Å²) in [4.78, 5) is 4.20. The molecule has 0 amide bonds. The van der Waals surface area contributed by atoms with Crippen molar-refractivity contribution in [3.63, 3.8) is 0 Å². The largest absolute Gasteiger partial charge is 0.493 e. The maximum atomic E-state index is 9.14. The molecule has 0 aliphatic carbocycles. The Morgan fingerprint density at radius 1 is 1.14 bits per heavy atom. The molecule has 0 aliphatic heterocycles. The molecular weight excluding hydrogens is 273 g/mol. The van der Waals surface area contributed by atoms with Crippen molar-refractivity contribution in [3.05, 3.63) is 42.2 Å². The zero-order valence-corrected chi connectivity index (χ0v) is 11.8. The van der Waals surface area contributed by atoms with Crippen LogP contribution in [-0.4, -0.2) is 36.4 Å². The Morgan fingerprint density at radius 2 is 1.95 bits per heavy atom. The van der Waals surface area contributed by atoms with E-state index in [1.165, 1.54) is 7.11 Å². The van der Waals surface area contributed by atoms with Crippen molar-refractivity contribution >= 4 is 12.6 Å². The second kappa shape index (κ2) is 6.96. The maximum Gasteiger partial charge on any atom is 0.488 e. The lowest BCUT2D eigenvalue weighted by Gasteiger charge is -2.12. The molecule has 0 unspecified atom stereocenters. The Morgan fingerprint density at radius 3 is 2.62 bits per heavy atom. The number of nitrogens with zero attached hydrogens (tertiary/aromatic N) is 1. The third-order valence-corrected chi connectivity index (χ3v) is 2.90. The van der Waals surface area contributed by atoms with Gasteiger partial charge in [0, 0.05) is 12.3 Å². The van der Waals surface area contributed by atoms with Gasteiger partial charge in [-0.1, -0.05) is 12.1 Å². The molecule has 0 fully saturated rings. The van der Waals surface area contributed by atoms with Gasteiger partial charge in [-0.3, -0.25) is 4.98 Å². The first kappa shape index (κ1) is 15.1. The molecule has 0 bridgehead atoms. The lowest BCUT2D eigenvalue weighted by atomic mass is 9.80. The number of ether oxygens (including phenoxy) is 3. The summed E-state index contributed by atoms with van der Waals surface area (Å²) in [5, 5.41) is 18.3. The lowest BCUT2D eigenvalue weighted by molar-refractivity contribution is 0.285. The third-order valence-electron chi connectivity index (χ3n) is 2.90. The fourth-order valence-corrected chi connectivity index (χ4v) is 1.87. The molecule has 1 aromatic carbocycles. The van der Waals surface area contributed by atoms with Crippen LogP contribution < -0.4 is 19.7 Å². The summed E-state index contributed by atoms with van der Waals surface area (Å²) in [6.45, 7) is 0.172. The molecule has 7 heteroatoms. The van der Waals surface area contributed by atoms with Gasteiger partial charge in [0.15, 0.2) is 11.5 Å². The van der Waals surface area contributed by atoms with Gasteiger partial charge in [-0.2, -0.15) is 0 Å². The highest BCUT2D eigenvalue weighted by atomic mass is 16.5. The molecule has 0 saturated heterocycles. The highest BCUT2D eigenvalue weighted by molar-refractivity contribution is 6.58. The van der Waals surface area contributed by atoms with Crippen LogP contribution in [0.3, 0.4) is 0 Å². The predicted molar refractivity (Wildman–Crippen MR) is 77.9 cm³/mol. The van der Waals surface area contributed by atoms with Crippen molar-refractivity contribution in [1.82, 2.24) is 4.98 Å². The summed E-state index contributed by atoms with van der Waals surface area (Å²) >= 11 is 0. The summed E-state index contributed by atoms with van der Waals surface area (Å²) in [5.74, 6) is 1.59. The lowest BCUT2D eigenvalue weighted by Crippen LogP contribution is -2.29. The average Bonchev–Trinajstić information content (AvgIpc) is 2.52. The quantitative estimate of drug-likeness (QED) is 0.747. The molecule has 0 aliphatic rings. The van der Waals surface area contributed by atoms with Crippen molar-refractivity contribution in [2.24, 2.45) is 0 Å². The van der Waals surface area contributed by atoms with Crippen molar-refractivity contribution in [3.8, 4) is 17.2 Å². The highest BCUT2D eigenvalue weighted by Crippen LogP contribution is 2.29. The zero-order valence-electron chi connectivity index (χ0n) is 11.8. The van der Waals surface area contributed by atoms with Crippen LogP contribution >= 0.6 is 0 Å². The number of methoxy groups -OCH3 is 2. The van der Waals surface area contributed by atoms with Gasteiger partial charge in [-0.15, -0.1) is 0 Å². The monoisotopic (exact) mass is 289 g/mol. The van der Waals surface area contributed by atoms with Crippen LogP contribution in [0.5, 0.6) is 17.2 Å². The predicted octanol–water partition coefficient (Wildman–Crippen LogP) is 0.358. The van der Waals surface area contributed by atoms with Crippen molar-refractivity contribution in [1.29, 1.82) is 0 Å². The van der Waals surface area contributed by atoms with Gasteiger partial charge in [-0.05, 0) is 17.6 Å². The molecule has 6 nitrogen and oxygen atoms in total. The number of pyridine rings is 1. The minimum absolute atomic E-state index is 0.172. The second-order valence-corrected chi connectivity index (χ2v) is 4.23. The summed E-state index contributed by atoms with van der Waals surface area (Å²) in [6.07, 6.45) is 1.61. The molecule has 0 spiro atoms. The van der Waals surface area contributed by atoms with Crippen molar-refractivity contribution < 1.29 is 24.3 Å². The molecular formula is C14H16BNO5. The van der Waals surface area contributed by atoms with E-state index in [9.17, 15) is 0 Å². The first-order valence-corrected chi connectivity index (χ1v) is 6.30. The fourth-order valence-electron chi connectivity index (χ4n) is 1.87. The molecule has 21 heavy (non-hydrogen) atoms. The van der Waals surface area contributed by atoms with Crippen LogP contribution in [0.25, 0.3) is 0 Å². The molecule has 110 valence electrons. The van der Waals surface area contributed by atoms with Gasteiger partial charge in [0.2, 0.25) is 0 Å². The zero-order chi connectivity index (χ0) is 15.2. The molecule has 2 N–H and O–H groups in total. The minimum Gasteiger partial charge on any atom is -0.493 e. The number of aromatic nitrogens is 1. The summed E-state index contributed by atoms with van der Waals surface area (Å²) in [7, 11) is 1.55. The van der Waals surface area contributed by atoms with Crippen molar-refractivity contribution in [2.45, 2.75) is 6.61 Å². The van der Waals surface area contributed by atoms with Crippen LogP contribution in [0.15, 0.2) is 36.5 Å². The number of rotatable bonds is 6. The second-order valence-electron chi connectivity index (χ2n) is 4.23. The molecule has 0 saturated carbocycles. The average molecular weight is 289 g/mol. The fraction of sp³-hybridized carbons (Fsp3) is 0.214. The van der Waals surface area contributed by atoms with E-state index in [-0.39, 0.29) is 6.61 Å². The molecule has 1 aromatic heterocycles. The number of hydrogen-bond donors (Lipinski definition) is 2. The SMILES string of the molecule is COc1ccnc(COc2cccc(B(O)O)c2)c1OC. The van der Waals surface area contributed by atoms with Crippen LogP contribution in [0.1, 0.15) is 5.69 Å². The summed E-state index contributed by atoms with van der Waals surface area (Å²) in [6, 6.07) is 8.25. The molecule has 2 rings (SSSR count). The van der Waals surface area contributed by atoms with Gasteiger partial charge >= 0.3 is 7.12 Å². The van der Waals surface area contributed by atoms with Gasteiger partial charge in [-0.25, -0.2) is 0 Å². The highest BCUT2D eigenvalue weighted by Gasteiger charge is 2.13. The Balaban J connectivity index is 2.15. The summed E-state index contributed by atoms with van der Waals surface area (Å²) in [5.41, 5.74) is 0.949. The van der Waals surface area contributed by atoms with Crippen LogP contribution in [-0.2, 0) is 6.61 Å². The Bertz CT molecular complexity index is 606. The third kappa shape index (κ3) is 3.65. The molecule has 0 radical (unpaired) electrons. The minimum atomic E-state index is -1.53. The van der Waals surface area contributed by atoms with E-state index in [4.69, 9.17) is 24.3 Å². The van der Waals surface area contributed by atoms with E-state index < -0.39 is 7.12 Å². The van der Waals surface area contributed by atoms with Gasteiger partial charge < -0.3 is 24.3 Å². The first-order valence-electron chi connectivity index (χ1n) is 6.30. The number of hydrogen-bond acceptors (Lipinski definition) is 6. The van der Waals surface area contributed by atoms with Crippen LogP contribution in [0.4, 0.5) is 0 Å². The van der Waals surface area contributed by atoms with E-state index in [0.29, 0.717) is 28.4 Å². The smallest absolute Gasteiger partial charge is 0.488 e. The van der Waals surface area contributed by atoms with Gasteiger partial charge in [0.1, 0.15) is 18.1 Å². The van der Waals surface area contributed by atoms with Gasteiger partial charge in [0.25, 0.3) is 0 Å². The Hall–Kier alpha value is -2.25. The number of benzene rings is 1. The molecule has 2 aromatic rings. The molecule has 1 heterocycles. The topological polar surface area (TPSA) is 81.0 Å². The molecule has 0 atom stereocenters. The van der Waals surface area contributed by atoms with E-state index >= 15 is 0 Å². The van der Waals surface area contributed by atoms with E-state index in [1.807, 2.05) is 0 Å². The Labute approximate surface area is 123 Å². The normalized spacial score (nSPS) is 10.1. The maximum absolute atomic E-state index is 9.14. The van der Waals surface area contributed by atoms with Crippen LogP contribution in [0.2, 0.25) is 0 Å². The van der Waals surface area contributed by atoms with E-state index in [2.05, 4.69) is 4.98 Å². The van der Waals surface area contributed by atoms with Gasteiger partial charge in [0.05, 0.1) is 14.2 Å². The van der Waals surface area contributed by atoms with E-state index in [0.717, 1.165) is 0 Å². The standard InChI is InChI=1S/C14H16BNO5/c1-19-13-6-7-16-12(14(13)20-2)9-21-11-5-3-4-10(8-11)15(17)18/h3-8,17-18H,9H2,1-2H3.